The van der Waals surface area contributed by atoms with Crippen molar-refractivity contribution < 1.29 is 14.3 Å². The minimum atomic E-state index is -0.663. The van der Waals surface area contributed by atoms with Crippen molar-refractivity contribution in [2.75, 3.05) is 0 Å². The lowest BCUT2D eigenvalue weighted by molar-refractivity contribution is -0.135. The number of hydrogen-bond donors (Lipinski definition) is 0. The van der Waals surface area contributed by atoms with Gasteiger partial charge in [0.25, 0.3) is 0 Å². The van der Waals surface area contributed by atoms with Gasteiger partial charge in [0.05, 0.1) is 5.56 Å². The van der Waals surface area contributed by atoms with E-state index in [9.17, 15) is 9.59 Å². The maximum atomic E-state index is 11.1. The van der Waals surface area contributed by atoms with E-state index in [1.807, 2.05) is 0 Å². The lowest BCUT2D eigenvalue weighted by Gasteiger charge is -1.98. The first-order valence-electron chi connectivity index (χ1n) is 3.58. The first kappa shape index (κ1) is 9.74. The molecule has 0 radical (unpaired) electrons. The van der Waals surface area contributed by atoms with Crippen LogP contribution in [-0.2, 0) is 9.53 Å². The third-order valence-electron chi connectivity index (χ3n) is 1.32. The number of carbonyl (C=O) groups excluding carboxylic acids is 2. The predicted molar refractivity (Wildman–Crippen MR) is 47.5 cm³/mol. The summed E-state index contributed by atoms with van der Waals surface area (Å²) in [5, 5.41) is 0.527. The molecular weight excluding hydrogens is 192 g/mol. The Bertz CT molecular complexity index is 329. The van der Waals surface area contributed by atoms with Gasteiger partial charge in [0.2, 0.25) is 0 Å². The van der Waals surface area contributed by atoms with E-state index in [2.05, 4.69) is 4.74 Å². The predicted octanol–water partition coefficient (Wildman–Crippen LogP) is 2.04. The molecule has 1 aromatic rings. The van der Waals surface area contributed by atoms with Crippen LogP contribution in [0.25, 0.3) is 0 Å². The van der Waals surface area contributed by atoms with Crippen molar-refractivity contribution >= 4 is 23.5 Å². The highest BCUT2D eigenvalue weighted by molar-refractivity contribution is 6.30. The topological polar surface area (TPSA) is 43.4 Å². The Morgan fingerprint density at radius 2 is 1.77 bits per heavy atom. The molecule has 0 fully saturated rings. The fraction of sp³-hybridized carbons (Fsp3) is 0.111. The van der Waals surface area contributed by atoms with Gasteiger partial charge in [-0.25, -0.2) is 4.79 Å². The zero-order valence-electron chi connectivity index (χ0n) is 6.91. The molecule has 68 valence electrons. The molecule has 0 aliphatic carbocycles. The average Bonchev–Trinajstić information content (AvgIpc) is 2.04. The summed E-state index contributed by atoms with van der Waals surface area (Å²) in [7, 11) is 0. The zero-order chi connectivity index (χ0) is 9.84. The Morgan fingerprint density at radius 1 is 1.23 bits per heavy atom. The maximum Gasteiger partial charge on any atom is 0.345 e. The van der Waals surface area contributed by atoms with Crippen LogP contribution in [0.3, 0.4) is 0 Å². The van der Waals surface area contributed by atoms with Crippen LogP contribution < -0.4 is 0 Å². The molecule has 0 aliphatic rings. The van der Waals surface area contributed by atoms with E-state index in [4.69, 9.17) is 11.6 Å². The fourth-order valence-corrected chi connectivity index (χ4v) is 0.901. The Hall–Kier alpha value is -1.35. The fourth-order valence-electron chi connectivity index (χ4n) is 0.775. The zero-order valence-corrected chi connectivity index (χ0v) is 7.67. The van der Waals surface area contributed by atoms with E-state index in [1.165, 1.54) is 19.1 Å². The Morgan fingerprint density at radius 3 is 2.23 bits per heavy atom. The molecular formula is C9H7ClO3. The van der Waals surface area contributed by atoms with E-state index in [0.29, 0.717) is 10.6 Å². The quantitative estimate of drug-likeness (QED) is 0.512. The summed E-state index contributed by atoms with van der Waals surface area (Å²) in [6.45, 7) is 1.17. The first-order valence-corrected chi connectivity index (χ1v) is 3.95. The van der Waals surface area contributed by atoms with Gasteiger partial charge in [0.1, 0.15) is 0 Å². The molecule has 0 heterocycles. The highest BCUT2D eigenvalue weighted by Crippen LogP contribution is 2.10. The molecule has 0 saturated heterocycles. The van der Waals surface area contributed by atoms with Crippen molar-refractivity contribution in [3.63, 3.8) is 0 Å². The van der Waals surface area contributed by atoms with Gasteiger partial charge >= 0.3 is 11.9 Å². The van der Waals surface area contributed by atoms with Crippen molar-refractivity contribution in [3.8, 4) is 0 Å². The lowest BCUT2D eigenvalue weighted by Crippen LogP contribution is -2.08. The van der Waals surface area contributed by atoms with Gasteiger partial charge in [-0.1, -0.05) is 11.6 Å². The van der Waals surface area contributed by atoms with Crippen LogP contribution in [0.5, 0.6) is 0 Å². The van der Waals surface area contributed by atoms with Crippen LogP contribution in [0.15, 0.2) is 24.3 Å². The maximum absolute atomic E-state index is 11.1. The summed E-state index contributed by atoms with van der Waals surface area (Å²) in [6, 6.07) is 6.10. The lowest BCUT2D eigenvalue weighted by atomic mass is 10.2. The van der Waals surface area contributed by atoms with Gasteiger partial charge in [-0.15, -0.1) is 0 Å². The largest absolute Gasteiger partial charge is 0.390 e. The number of hydrogen-bond acceptors (Lipinski definition) is 3. The van der Waals surface area contributed by atoms with E-state index < -0.39 is 11.9 Å². The van der Waals surface area contributed by atoms with Crippen LogP contribution in [0.2, 0.25) is 5.02 Å². The molecule has 0 aliphatic heterocycles. The Labute approximate surface area is 80.3 Å². The number of benzene rings is 1. The molecule has 0 unspecified atom stereocenters. The van der Waals surface area contributed by atoms with E-state index in [-0.39, 0.29) is 0 Å². The molecule has 13 heavy (non-hydrogen) atoms. The standard InChI is InChI=1S/C9H7ClO3/c1-6(11)13-9(12)7-2-4-8(10)5-3-7/h2-5H,1H3. The molecule has 4 heteroatoms. The van der Waals surface area contributed by atoms with Crippen LogP contribution in [0, 0.1) is 0 Å². The van der Waals surface area contributed by atoms with Crippen LogP contribution in [0.1, 0.15) is 17.3 Å². The molecule has 0 amide bonds. The summed E-state index contributed by atoms with van der Waals surface area (Å²) < 4.78 is 4.36. The Kier molecular flexibility index (Phi) is 3.03. The second kappa shape index (κ2) is 4.05. The third kappa shape index (κ3) is 2.87. The van der Waals surface area contributed by atoms with Crippen LogP contribution in [0.4, 0.5) is 0 Å². The normalized spacial score (nSPS) is 9.38. The number of rotatable bonds is 1. The molecule has 1 rings (SSSR count). The molecule has 0 aromatic heterocycles. The minimum absolute atomic E-state index is 0.305. The highest BCUT2D eigenvalue weighted by Gasteiger charge is 2.08. The summed E-state index contributed by atoms with van der Waals surface area (Å²) >= 11 is 5.60. The molecule has 0 spiro atoms. The number of esters is 2. The van der Waals surface area contributed by atoms with Gasteiger partial charge in [0.15, 0.2) is 0 Å². The Balaban J connectivity index is 2.78. The van der Waals surface area contributed by atoms with Crippen molar-refractivity contribution in [3.05, 3.63) is 34.9 Å². The monoisotopic (exact) mass is 198 g/mol. The number of halogens is 1. The molecule has 0 N–H and O–H groups in total. The first-order chi connectivity index (χ1) is 6.09. The van der Waals surface area contributed by atoms with Crippen LogP contribution >= 0.6 is 11.6 Å². The second-order valence-electron chi connectivity index (χ2n) is 2.39. The van der Waals surface area contributed by atoms with Crippen LogP contribution in [-0.4, -0.2) is 11.9 Å². The third-order valence-corrected chi connectivity index (χ3v) is 1.57. The van der Waals surface area contributed by atoms with E-state index in [0.717, 1.165) is 0 Å². The van der Waals surface area contributed by atoms with Crippen molar-refractivity contribution in [1.82, 2.24) is 0 Å². The number of carbonyl (C=O) groups is 2. The SMILES string of the molecule is CC(=O)OC(=O)c1ccc(Cl)cc1. The summed E-state index contributed by atoms with van der Waals surface area (Å²) in [5.74, 6) is -1.29. The molecule has 0 bridgehead atoms. The van der Waals surface area contributed by atoms with Gasteiger partial charge in [-0.3, -0.25) is 4.79 Å². The molecule has 0 atom stereocenters. The van der Waals surface area contributed by atoms with E-state index >= 15 is 0 Å². The van der Waals surface area contributed by atoms with Gasteiger partial charge in [0, 0.05) is 11.9 Å². The summed E-state index contributed by atoms with van der Waals surface area (Å²) in [4.78, 5) is 21.5. The highest BCUT2D eigenvalue weighted by atomic mass is 35.5. The summed E-state index contributed by atoms with van der Waals surface area (Å²) in [5.41, 5.74) is 0.305. The average molecular weight is 199 g/mol. The second-order valence-corrected chi connectivity index (χ2v) is 2.82. The minimum Gasteiger partial charge on any atom is -0.390 e. The van der Waals surface area contributed by atoms with Crippen molar-refractivity contribution in [2.45, 2.75) is 6.92 Å². The van der Waals surface area contributed by atoms with Gasteiger partial charge < -0.3 is 4.74 Å². The van der Waals surface area contributed by atoms with Gasteiger partial charge in [-0.05, 0) is 24.3 Å². The smallest absolute Gasteiger partial charge is 0.345 e. The molecule has 1 aromatic carbocycles. The van der Waals surface area contributed by atoms with Crippen molar-refractivity contribution in [1.29, 1.82) is 0 Å². The van der Waals surface area contributed by atoms with Gasteiger partial charge in [-0.2, -0.15) is 0 Å². The summed E-state index contributed by atoms with van der Waals surface area (Å²) in [6.07, 6.45) is 0. The van der Waals surface area contributed by atoms with E-state index in [1.54, 1.807) is 12.1 Å². The number of ether oxygens (including phenoxy) is 1. The van der Waals surface area contributed by atoms with Crippen molar-refractivity contribution in [2.24, 2.45) is 0 Å². The molecule has 0 saturated carbocycles. The molecule has 3 nitrogen and oxygen atoms in total.